The Labute approximate surface area is 129 Å². The minimum Gasteiger partial charge on any atom is -0.460 e. The number of hydrogen-bond donors (Lipinski definition) is 0. The van der Waals surface area contributed by atoms with Crippen molar-refractivity contribution in [2.24, 2.45) is 5.92 Å². The third-order valence-electron chi connectivity index (χ3n) is 4.34. The van der Waals surface area contributed by atoms with Crippen molar-refractivity contribution >= 4 is 5.97 Å². The number of nitrogens with zero attached hydrogens (tertiary/aromatic N) is 1. The Morgan fingerprint density at radius 1 is 1.24 bits per heavy atom. The van der Waals surface area contributed by atoms with Gasteiger partial charge in [0.05, 0.1) is 17.6 Å². The quantitative estimate of drug-likeness (QED) is 0.751. The molecule has 2 aliphatic rings. The van der Waals surface area contributed by atoms with Crippen LogP contribution in [-0.4, -0.2) is 47.8 Å². The molecule has 0 aliphatic carbocycles. The highest BCUT2D eigenvalue weighted by Gasteiger charge is 2.34. The molecule has 2 fully saturated rings. The number of hydrogen-bond acceptors (Lipinski definition) is 4. The molecule has 0 amide bonds. The molecule has 4 heteroatoms. The second-order valence-electron chi connectivity index (χ2n) is 8.15. The molecule has 0 aromatic carbocycles. The zero-order valence-corrected chi connectivity index (χ0v) is 14.3. The monoisotopic (exact) mass is 297 g/mol. The number of carbonyl (C=O) groups excluding carboxylic acids is 1. The van der Waals surface area contributed by atoms with Crippen molar-refractivity contribution < 1.29 is 14.3 Å². The third-order valence-corrected chi connectivity index (χ3v) is 4.34. The maximum atomic E-state index is 12.1. The molecule has 0 spiro atoms. The molecule has 2 saturated heterocycles. The van der Waals surface area contributed by atoms with Crippen LogP contribution < -0.4 is 0 Å². The smallest absolute Gasteiger partial charge is 0.309 e. The molecule has 0 radical (unpaired) electrons. The maximum Gasteiger partial charge on any atom is 0.309 e. The first-order valence-corrected chi connectivity index (χ1v) is 8.28. The first-order chi connectivity index (χ1) is 9.65. The van der Waals surface area contributed by atoms with Gasteiger partial charge in [-0.25, -0.2) is 0 Å². The number of ether oxygens (including phenoxy) is 2. The van der Waals surface area contributed by atoms with Gasteiger partial charge < -0.3 is 14.4 Å². The summed E-state index contributed by atoms with van der Waals surface area (Å²) in [6.07, 6.45) is 4.47. The second-order valence-corrected chi connectivity index (χ2v) is 8.15. The first-order valence-electron chi connectivity index (χ1n) is 8.28. The van der Waals surface area contributed by atoms with Gasteiger partial charge in [-0.15, -0.1) is 0 Å². The molecule has 0 N–H and O–H groups in total. The largest absolute Gasteiger partial charge is 0.460 e. The Balaban J connectivity index is 1.72. The molecule has 2 rings (SSSR count). The van der Waals surface area contributed by atoms with Crippen LogP contribution >= 0.6 is 0 Å². The van der Waals surface area contributed by atoms with E-state index in [0.29, 0.717) is 6.10 Å². The van der Waals surface area contributed by atoms with Crippen LogP contribution in [0.5, 0.6) is 0 Å². The van der Waals surface area contributed by atoms with E-state index in [-0.39, 0.29) is 23.1 Å². The predicted octanol–water partition coefficient (Wildman–Crippen LogP) is 3.00. The summed E-state index contributed by atoms with van der Waals surface area (Å²) in [6, 6.07) is 0. The molecule has 1 atom stereocenters. The Bertz CT molecular complexity index is 365. The van der Waals surface area contributed by atoms with Crippen LogP contribution in [-0.2, 0) is 14.3 Å². The van der Waals surface area contributed by atoms with E-state index in [2.05, 4.69) is 18.7 Å². The lowest BCUT2D eigenvalue weighted by atomic mass is 9.96. The van der Waals surface area contributed by atoms with Crippen molar-refractivity contribution in [1.29, 1.82) is 0 Å². The summed E-state index contributed by atoms with van der Waals surface area (Å²) < 4.78 is 11.5. The summed E-state index contributed by atoms with van der Waals surface area (Å²) in [7, 11) is 0. The summed E-state index contributed by atoms with van der Waals surface area (Å²) in [6.45, 7) is 13.1. The number of esters is 1. The first kappa shape index (κ1) is 16.8. The van der Waals surface area contributed by atoms with Gasteiger partial charge in [0.2, 0.25) is 0 Å². The molecular weight excluding hydrogens is 266 g/mol. The fourth-order valence-electron chi connectivity index (χ4n) is 3.23. The van der Waals surface area contributed by atoms with Crippen molar-refractivity contribution in [2.75, 3.05) is 19.6 Å². The molecule has 0 unspecified atom stereocenters. The van der Waals surface area contributed by atoms with E-state index in [1.807, 2.05) is 20.8 Å². The van der Waals surface area contributed by atoms with Crippen molar-refractivity contribution in [2.45, 2.75) is 77.6 Å². The zero-order chi connectivity index (χ0) is 15.7. The van der Waals surface area contributed by atoms with Crippen LogP contribution in [0.25, 0.3) is 0 Å². The van der Waals surface area contributed by atoms with Crippen LogP contribution in [0.4, 0.5) is 0 Å². The van der Waals surface area contributed by atoms with E-state index >= 15 is 0 Å². The molecule has 0 aromatic heterocycles. The number of likely N-dealkylation sites (tertiary alicyclic amines) is 1. The Hall–Kier alpha value is -0.610. The Morgan fingerprint density at radius 3 is 2.33 bits per heavy atom. The molecule has 0 aromatic rings. The van der Waals surface area contributed by atoms with Gasteiger partial charge in [-0.05, 0) is 73.4 Å². The molecule has 2 aliphatic heterocycles. The van der Waals surface area contributed by atoms with Crippen LogP contribution in [0, 0.1) is 5.92 Å². The number of carbonyl (C=O) groups is 1. The average molecular weight is 297 g/mol. The standard InChI is InChI=1S/C17H31NO3/c1-16(2,3)21-15(19)13-7-10-18(11-8-13)12-14-6-9-17(4,5)20-14/h13-14H,6-12H2,1-5H3/t14-/m0/s1. The van der Waals surface area contributed by atoms with Crippen molar-refractivity contribution in [3.05, 3.63) is 0 Å². The fraction of sp³-hybridized carbons (Fsp3) is 0.941. The van der Waals surface area contributed by atoms with Crippen LogP contribution in [0.1, 0.15) is 60.3 Å². The number of rotatable bonds is 3. The SMILES string of the molecule is CC(C)(C)OC(=O)C1CCN(C[C@@H]2CCC(C)(C)O2)CC1. The maximum absolute atomic E-state index is 12.1. The van der Waals surface area contributed by atoms with Gasteiger partial charge in [0.15, 0.2) is 0 Å². The van der Waals surface area contributed by atoms with Crippen LogP contribution in [0.15, 0.2) is 0 Å². The lowest BCUT2D eigenvalue weighted by Crippen LogP contribution is -2.42. The van der Waals surface area contributed by atoms with E-state index in [9.17, 15) is 4.79 Å². The summed E-state index contributed by atoms with van der Waals surface area (Å²) in [5, 5.41) is 0. The Morgan fingerprint density at radius 2 is 1.86 bits per heavy atom. The molecule has 21 heavy (non-hydrogen) atoms. The van der Waals surface area contributed by atoms with E-state index in [1.165, 1.54) is 0 Å². The topological polar surface area (TPSA) is 38.8 Å². The van der Waals surface area contributed by atoms with E-state index < -0.39 is 0 Å². The molecule has 2 heterocycles. The van der Waals surface area contributed by atoms with E-state index in [1.54, 1.807) is 0 Å². The fourth-order valence-corrected chi connectivity index (χ4v) is 3.23. The summed E-state index contributed by atoms with van der Waals surface area (Å²) >= 11 is 0. The zero-order valence-electron chi connectivity index (χ0n) is 14.3. The normalized spacial score (nSPS) is 27.8. The highest BCUT2D eigenvalue weighted by molar-refractivity contribution is 5.73. The Kier molecular flexibility index (Phi) is 4.99. The lowest BCUT2D eigenvalue weighted by Gasteiger charge is -2.34. The molecule has 4 nitrogen and oxygen atoms in total. The summed E-state index contributed by atoms with van der Waals surface area (Å²) in [5.74, 6) is 0.0433. The van der Waals surface area contributed by atoms with Crippen LogP contribution in [0.3, 0.4) is 0 Å². The average Bonchev–Trinajstić information content (AvgIpc) is 2.67. The lowest BCUT2D eigenvalue weighted by molar-refractivity contribution is -0.161. The van der Waals surface area contributed by atoms with Gasteiger partial charge >= 0.3 is 5.97 Å². The minimum atomic E-state index is -0.377. The highest BCUT2D eigenvalue weighted by atomic mass is 16.6. The van der Waals surface area contributed by atoms with E-state index in [0.717, 1.165) is 45.3 Å². The summed E-state index contributed by atoms with van der Waals surface area (Å²) in [4.78, 5) is 14.5. The molecule has 0 saturated carbocycles. The predicted molar refractivity (Wildman–Crippen MR) is 83.2 cm³/mol. The number of piperidine rings is 1. The van der Waals surface area contributed by atoms with Crippen molar-refractivity contribution in [3.63, 3.8) is 0 Å². The minimum absolute atomic E-state index is 0.0274. The highest BCUT2D eigenvalue weighted by Crippen LogP contribution is 2.30. The third kappa shape index (κ3) is 5.26. The van der Waals surface area contributed by atoms with Gasteiger partial charge in [-0.3, -0.25) is 4.79 Å². The molecule has 122 valence electrons. The molecular formula is C17H31NO3. The van der Waals surface area contributed by atoms with Crippen molar-refractivity contribution in [3.8, 4) is 0 Å². The van der Waals surface area contributed by atoms with Gasteiger partial charge in [-0.1, -0.05) is 0 Å². The van der Waals surface area contributed by atoms with Gasteiger partial charge in [0.1, 0.15) is 5.60 Å². The van der Waals surface area contributed by atoms with Gasteiger partial charge in [0, 0.05) is 6.54 Å². The second kappa shape index (κ2) is 6.25. The summed E-state index contributed by atoms with van der Waals surface area (Å²) in [5.41, 5.74) is -0.336. The van der Waals surface area contributed by atoms with Gasteiger partial charge in [0.25, 0.3) is 0 Å². The van der Waals surface area contributed by atoms with E-state index in [4.69, 9.17) is 9.47 Å². The molecule has 0 bridgehead atoms. The van der Waals surface area contributed by atoms with Crippen LogP contribution in [0.2, 0.25) is 0 Å². The van der Waals surface area contributed by atoms with Crippen molar-refractivity contribution in [1.82, 2.24) is 4.90 Å². The van der Waals surface area contributed by atoms with Gasteiger partial charge in [-0.2, -0.15) is 0 Å².